The molecule has 5 heteroatoms. The molecule has 0 aromatic heterocycles. The summed E-state index contributed by atoms with van der Waals surface area (Å²) in [5.41, 5.74) is 2.69. The van der Waals surface area contributed by atoms with Crippen LogP contribution in [0.25, 0.3) is 0 Å². The minimum absolute atomic E-state index is 0.00584. The van der Waals surface area contributed by atoms with E-state index in [4.69, 9.17) is 0 Å². The van der Waals surface area contributed by atoms with E-state index in [1.54, 1.807) is 24.3 Å². The predicted octanol–water partition coefficient (Wildman–Crippen LogP) is 2.76. The summed E-state index contributed by atoms with van der Waals surface area (Å²) in [6.07, 6.45) is 1.20. The van der Waals surface area contributed by atoms with Gasteiger partial charge in [0.1, 0.15) is 0 Å². The third-order valence-electron chi connectivity index (χ3n) is 3.37. The summed E-state index contributed by atoms with van der Waals surface area (Å²) in [6, 6.07) is 14.4. The number of para-hydroxylation sites is 1. The molecule has 0 saturated carbocycles. The summed E-state index contributed by atoms with van der Waals surface area (Å²) in [6.45, 7) is 1.96. The fourth-order valence-electron chi connectivity index (χ4n) is 2.12. The number of anilines is 1. The molecule has 4 nitrogen and oxygen atoms in total. The smallest absolute Gasteiger partial charge is 0.175 e. The first-order valence-corrected chi connectivity index (χ1v) is 8.56. The number of benzene rings is 2. The highest BCUT2D eigenvalue weighted by Crippen LogP contribution is 2.23. The molecule has 0 amide bonds. The summed E-state index contributed by atoms with van der Waals surface area (Å²) in [7, 11) is -3.17. The zero-order valence-corrected chi connectivity index (χ0v) is 12.9. The Bertz CT molecular complexity index is 709. The molecule has 2 rings (SSSR count). The lowest BCUT2D eigenvalue weighted by molar-refractivity contribution is 0.282. The van der Waals surface area contributed by atoms with Gasteiger partial charge in [0.25, 0.3) is 0 Å². The van der Waals surface area contributed by atoms with E-state index in [2.05, 4.69) is 5.32 Å². The number of hydrogen-bond acceptors (Lipinski definition) is 4. The van der Waals surface area contributed by atoms with E-state index in [-0.39, 0.29) is 12.6 Å². The summed E-state index contributed by atoms with van der Waals surface area (Å²) in [5, 5.41) is 12.6. The van der Waals surface area contributed by atoms with Crippen molar-refractivity contribution < 1.29 is 13.5 Å². The van der Waals surface area contributed by atoms with Crippen molar-refractivity contribution in [3.63, 3.8) is 0 Å². The van der Waals surface area contributed by atoms with Gasteiger partial charge in [0.2, 0.25) is 0 Å². The summed E-state index contributed by atoms with van der Waals surface area (Å²) in [5.74, 6) is 0. The molecule has 1 atom stereocenters. The Morgan fingerprint density at radius 1 is 1.10 bits per heavy atom. The Labute approximate surface area is 125 Å². The van der Waals surface area contributed by atoms with Crippen LogP contribution in [0.2, 0.25) is 0 Å². The molecule has 2 N–H and O–H groups in total. The van der Waals surface area contributed by atoms with Crippen LogP contribution in [-0.2, 0) is 16.4 Å². The van der Waals surface area contributed by atoms with Crippen molar-refractivity contribution in [2.45, 2.75) is 24.5 Å². The Balaban J connectivity index is 2.19. The van der Waals surface area contributed by atoms with E-state index in [1.807, 2.05) is 31.2 Å². The van der Waals surface area contributed by atoms with Crippen molar-refractivity contribution in [2.24, 2.45) is 0 Å². The van der Waals surface area contributed by atoms with E-state index in [1.165, 1.54) is 6.26 Å². The molecule has 0 aliphatic heterocycles. The fourth-order valence-corrected chi connectivity index (χ4v) is 2.75. The van der Waals surface area contributed by atoms with Gasteiger partial charge < -0.3 is 10.4 Å². The molecule has 0 bridgehead atoms. The van der Waals surface area contributed by atoms with Crippen molar-refractivity contribution in [3.8, 4) is 0 Å². The average Bonchev–Trinajstić information content (AvgIpc) is 2.47. The van der Waals surface area contributed by atoms with E-state index >= 15 is 0 Å². The number of hydrogen-bond donors (Lipinski definition) is 2. The number of rotatable bonds is 5. The van der Waals surface area contributed by atoms with Gasteiger partial charge in [-0.05, 0) is 30.7 Å². The van der Waals surface area contributed by atoms with Crippen molar-refractivity contribution in [3.05, 3.63) is 59.7 Å². The van der Waals surface area contributed by atoms with Crippen LogP contribution in [0.4, 0.5) is 5.69 Å². The molecule has 2 aromatic carbocycles. The molecular weight excluding hydrogens is 286 g/mol. The molecule has 0 heterocycles. The first kappa shape index (κ1) is 15.5. The van der Waals surface area contributed by atoms with Gasteiger partial charge in [-0.15, -0.1) is 0 Å². The van der Waals surface area contributed by atoms with Crippen LogP contribution >= 0.6 is 0 Å². The van der Waals surface area contributed by atoms with Crippen molar-refractivity contribution in [1.82, 2.24) is 0 Å². The summed E-state index contributed by atoms with van der Waals surface area (Å²) >= 11 is 0. The maximum atomic E-state index is 11.4. The van der Waals surface area contributed by atoms with Crippen molar-refractivity contribution >= 4 is 15.5 Å². The zero-order valence-electron chi connectivity index (χ0n) is 12.1. The number of aliphatic hydroxyl groups excluding tert-OH is 1. The minimum Gasteiger partial charge on any atom is -0.392 e. The molecule has 2 aromatic rings. The third kappa shape index (κ3) is 3.83. The Hall–Kier alpha value is -1.85. The average molecular weight is 305 g/mol. The predicted molar refractivity (Wildman–Crippen MR) is 84.0 cm³/mol. The molecule has 0 radical (unpaired) electrons. The molecule has 112 valence electrons. The quantitative estimate of drug-likeness (QED) is 0.891. The topological polar surface area (TPSA) is 66.4 Å². The number of aliphatic hydroxyl groups is 1. The minimum atomic E-state index is -3.17. The van der Waals surface area contributed by atoms with Gasteiger partial charge in [-0.1, -0.05) is 30.3 Å². The van der Waals surface area contributed by atoms with E-state index < -0.39 is 9.84 Å². The molecule has 21 heavy (non-hydrogen) atoms. The van der Waals surface area contributed by atoms with Gasteiger partial charge in [0.15, 0.2) is 9.84 Å². The maximum absolute atomic E-state index is 11.4. The lowest BCUT2D eigenvalue weighted by atomic mass is 10.1. The summed E-state index contributed by atoms with van der Waals surface area (Å²) in [4.78, 5) is 0.314. The standard InChI is InChI=1S/C16H19NO3S/c1-12(17-16-6-4-3-5-14(16)11-18)13-7-9-15(10-8-13)21(2,19)20/h3-10,12,17-18H,11H2,1-2H3. The highest BCUT2D eigenvalue weighted by Gasteiger charge is 2.10. The van der Waals surface area contributed by atoms with Crippen LogP contribution in [0.15, 0.2) is 53.4 Å². The Morgan fingerprint density at radius 2 is 1.71 bits per heavy atom. The van der Waals surface area contributed by atoms with Gasteiger partial charge in [-0.25, -0.2) is 8.42 Å². The molecule has 1 unspecified atom stereocenters. The second-order valence-electron chi connectivity index (χ2n) is 5.02. The third-order valence-corrected chi connectivity index (χ3v) is 4.50. The van der Waals surface area contributed by atoms with Gasteiger partial charge in [0, 0.05) is 23.5 Å². The molecule has 0 aliphatic carbocycles. The maximum Gasteiger partial charge on any atom is 0.175 e. The lowest BCUT2D eigenvalue weighted by Gasteiger charge is -2.18. The van der Waals surface area contributed by atoms with Gasteiger partial charge in [0.05, 0.1) is 11.5 Å². The first-order valence-electron chi connectivity index (χ1n) is 6.67. The van der Waals surface area contributed by atoms with Crippen molar-refractivity contribution in [2.75, 3.05) is 11.6 Å². The number of sulfone groups is 1. The Kier molecular flexibility index (Phi) is 4.65. The Morgan fingerprint density at radius 3 is 2.29 bits per heavy atom. The summed E-state index contributed by atoms with van der Waals surface area (Å²) < 4.78 is 22.9. The van der Waals surface area contributed by atoms with Gasteiger partial charge in [-0.3, -0.25) is 0 Å². The second kappa shape index (κ2) is 6.28. The van der Waals surface area contributed by atoms with Crippen LogP contribution in [0, 0.1) is 0 Å². The highest BCUT2D eigenvalue weighted by atomic mass is 32.2. The van der Waals surface area contributed by atoms with E-state index in [0.717, 1.165) is 16.8 Å². The van der Waals surface area contributed by atoms with Crippen LogP contribution in [-0.4, -0.2) is 19.8 Å². The van der Waals surface area contributed by atoms with Crippen LogP contribution in [0.3, 0.4) is 0 Å². The molecular formula is C16H19NO3S. The van der Waals surface area contributed by atoms with Crippen LogP contribution in [0.5, 0.6) is 0 Å². The lowest BCUT2D eigenvalue weighted by Crippen LogP contribution is -2.09. The molecule has 0 aliphatic rings. The number of nitrogens with one attached hydrogen (secondary N) is 1. The highest BCUT2D eigenvalue weighted by molar-refractivity contribution is 7.90. The monoisotopic (exact) mass is 305 g/mol. The van der Waals surface area contributed by atoms with E-state index in [0.29, 0.717) is 4.90 Å². The molecule has 0 fully saturated rings. The second-order valence-corrected chi connectivity index (χ2v) is 7.04. The zero-order chi connectivity index (χ0) is 15.5. The van der Waals surface area contributed by atoms with Gasteiger partial charge >= 0.3 is 0 Å². The van der Waals surface area contributed by atoms with Crippen LogP contribution < -0.4 is 5.32 Å². The van der Waals surface area contributed by atoms with Gasteiger partial charge in [-0.2, -0.15) is 0 Å². The fraction of sp³-hybridized carbons (Fsp3) is 0.250. The molecule has 0 spiro atoms. The largest absolute Gasteiger partial charge is 0.392 e. The van der Waals surface area contributed by atoms with Crippen LogP contribution in [0.1, 0.15) is 24.1 Å². The first-order chi connectivity index (χ1) is 9.91. The normalized spacial score (nSPS) is 12.9. The SMILES string of the molecule is CC(Nc1ccccc1CO)c1ccc(S(C)(=O)=O)cc1. The van der Waals surface area contributed by atoms with Crippen molar-refractivity contribution in [1.29, 1.82) is 0 Å². The molecule has 0 saturated heterocycles. The van der Waals surface area contributed by atoms with E-state index in [9.17, 15) is 13.5 Å².